The van der Waals surface area contributed by atoms with Gasteiger partial charge >= 0.3 is 5.76 Å². The largest absolute Gasteiger partial charge is 0.389 e. The van der Waals surface area contributed by atoms with Crippen LogP contribution in [0.15, 0.2) is 18.2 Å². The van der Waals surface area contributed by atoms with Crippen molar-refractivity contribution in [2.75, 3.05) is 4.72 Å². The zero-order valence-electron chi connectivity index (χ0n) is 8.15. The maximum Gasteiger partial charge on any atom is 0.355 e. The van der Waals surface area contributed by atoms with E-state index in [1.807, 2.05) is 0 Å². The van der Waals surface area contributed by atoms with Crippen LogP contribution in [0.2, 0.25) is 5.02 Å². The highest BCUT2D eigenvalue weighted by molar-refractivity contribution is 7.93. The smallest absolute Gasteiger partial charge is 0.355 e. The van der Waals surface area contributed by atoms with Gasteiger partial charge in [-0.1, -0.05) is 23.8 Å². The van der Waals surface area contributed by atoms with Crippen molar-refractivity contribution in [1.29, 1.82) is 0 Å². The molecule has 0 aromatic heterocycles. The van der Waals surface area contributed by atoms with E-state index in [1.54, 1.807) is 4.72 Å². The van der Waals surface area contributed by atoms with Gasteiger partial charge in [0, 0.05) is 5.56 Å². The summed E-state index contributed by atoms with van der Waals surface area (Å²) in [4.78, 5) is 0.0262. The Morgan fingerprint density at radius 3 is 2.47 bits per heavy atom. The first-order valence-corrected chi connectivity index (χ1v) is 6.46. The van der Waals surface area contributed by atoms with Gasteiger partial charge in [0.1, 0.15) is 4.99 Å². The molecule has 0 atom stereocenters. The van der Waals surface area contributed by atoms with Gasteiger partial charge in [0.05, 0.1) is 10.7 Å². The van der Waals surface area contributed by atoms with E-state index in [1.165, 1.54) is 12.1 Å². The van der Waals surface area contributed by atoms with Crippen LogP contribution in [-0.4, -0.2) is 19.2 Å². The first-order chi connectivity index (χ1) is 7.74. The van der Waals surface area contributed by atoms with Gasteiger partial charge in [0.25, 0.3) is 10.0 Å². The van der Waals surface area contributed by atoms with Gasteiger partial charge in [-0.05, 0) is 18.2 Å². The molecule has 0 bridgehead atoms. The van der Waals surface area contributed by atoms with E-state index >= 15 is 0 Å². The molecule has 0 amide bonds. The minimum atomic E-state index is -4.71. The van der Waals surface area contributed by atoms with Crippen molar-refractivity contribution in [3.8, 4) is 0 Å². The zero-order valence-corrected chi connectivity index (χ0v) is 10.5. The summed E-state index contributed by atoms with van der Waals surface area (Å²) in [6.45, 7) is 0. The number of halogens is 3. The summed E-state index contributed by atoms with van der Waals surface area (Å²) in [7, 11) is -4.71. The van der Waals surface area contributed by atoms with Gasteiger partial charge in [-0.25, -0.2) is 8.42 Å². The van der Waals surface area contributed by atoms with Crippen molar-refractivity contribution in [3.05, 3.63) is 28.8 Å². The van der Waals surface area contributed by atoms with Gasteiger partial charge < -0.3 is 5.73 Å². The molecule has 1 aromatic carbocycles. The summed E-state index contributed by atoms with van der Waals surface area (Å²) in [6, 6.07) is 3.73. The van der Waals surface area contributed by atoms with Crippen LogP contribution in [0.25, 0.3) is 0 Å². The number of rotatable bonds is 4. The van der Waals surface area contributed by atoms with Crippen LogP contribution >= 0.6 is 23.8 Å². The molecule has 3 N–H and O–H groups in total. The first kappa shape index (κ1) is 14.1. The van der Waals surface area contributed by atoms with E-state index < -0.39 is 15.8 Å². The lowest BCUT2D eigenvalue weighted by Gasteiger charge is -2.08. The fraction of sp³-hybridized carbons (Fsp3) is 0.125. The summed E-state index contributed by atoms with van der Waals surface area (Å²) >= 11 is 10.4. The molecule has 0 fully saturated rings. The molecule has 1 rings (SSSR count). The quantitative estimate of drug-likeness (QED) is 0.834. The van der Waals surface area contributed by atoms with E-state index in [9.17, 15) is 17.2 Å². The van der Waals surface area contributed by atoms with Crippen molar-refractivity contribution in [2.24, 2.45) is 5.73 Å². The second-order valence-corrected chi connectivity index (χ2v) is 5.46. The standard InChI is InChI=1S/C8H7ClF2N2O2S2/c9-6-3-4(1-2-5(6)7(12)16)13-17(14,15)8(10)11/h1-3,8,13H,(H2,12,16). The third-order valence-corrected chi connectivity index (χ3v) is 3.25. The molecule has 0 aliphatic carbocycles. The Kier molecular flexibility index (Phi) is 4.23. The van der Waals surface area contributed by atoms with Crippen LogP contribution in [0.3, 0.4) is 0 Å². The Morgan fingerprint density at radius 2 is 2.06 bits per heavy atom. The molecule has 17 heavy (non-hydrogen) atoms. The lowest BCUT2D eigenvalue weighted by Crippen LogP contribution is -2.20. The maximum absolute atomic E-state index is 12.1. The van der Waals surface area contributed by atoms with Crippen LogP contribution < -0.4 is 10.5 Å². The number of hydrogen-bond donors (Lipinski definition) is 2. The fourth-order valence-electron chi connectivity index (χ4n) is 0.987. The molecule has 94 valence electrons. The molecular weight excluding hydrogens is 294 g/mol. The Balaban J connectivity index is 3.04. The van der Waals surface area contributed by atoms with Crippen molar-refractivity contribution in [2.45, 2.75) is 5.76 Å². The van der Waals surface area contributed by atoms with E-state index in [4.69, 9.17) is 17.3 Å². The van der Waals surface area contributed by atoms with Crippen LogP contribution in [0.1, 0.15) is 5.56 Å². The summed E-state index contributed by atoms with van der Waals surface area (Å²) < 4.78 is 47.6. The molecule has 0 heterocycles. The monoisotopic (exact) mass is 300 g/mol. The highest BCUT2D eigenvalue weighted by Gasteiger charge is 2.23. The van der Waals surface area contributed by atoms with Gasteiger partial charge in [0.2, 0.25) is 0 Å². The van der Waals surface area contributed by atoms with Crippen molar-refractivity contribution in [1.82, 2.24) is 0 Å². The van der Waals surface area contributed by atoms with Crippen LogP contribution in [0, 0.1) is 0 Å². The van der Waals surface area contributed by atoms with Crippen molar-refractivity contribution in [3.63, 3.8) is 0 Å². The Labute approximate surface area is 107 Å². The maximum atomic E-state index is 12.1. The number of alkyl halides is 2. The van der Waals surface area contributed by atoms with Crippen LogP contribution in [-0.2, 0) is 10.0 Å². The lowest BCUT2D eigenvalue weighted by molar-refractivity contribution is 0.236. The summed E-state index contributed by atoms with van der Waals surface area (Å²) in [5, 5.41) is 0.0759. The average Bonchev–Trinajstić information content (AvgIpc) is 2.15. The highest BCUT2D eigenvalue weighted by Crippen LogP contribution is 2.22. The lowest BCUT2D eigenvalue weighted by atomic mass is 10.2. The predicted octanol–water partition coefficient (Wildman–Crippen LogP) is 1.94. The molecule has 0 unspecified atom stereocenters. The second-order valence-electron chi connectivity index (χ2n) is 2.97. The Morgan fingerprint density at radius 1 is 1.47 bits per heavy atom. The number of nitrogens with one attached hydrogen (secondary N) is 1. The predicted molar refractivity (Wildman–Crippen MR) is 65.9 cm³/mol. The minimum Gasteiger partial charge on any atom is -0.389 e. The number of nitrogens with two attached hydrogens (primary N) is 1. The van der Waals surface area contributed by atoms with Gasteiger partial charge in [-0.3, -0.25) is 4.72 Å². The topological polar surface area (TPSA) is 72.2 Å². The molecule has 0 saturated heterocycles. The normalized spacial score (nSPS) is 11.5. The molecule has 4 nitrogen and oxygen atoms in total. The fourth-order valence-corrected chi connectivity index (χ4v) is 2.05. The molecule has 0 aliphatic heterocycles. The second kappa shape index (κ2) is 5.11. The third-order valence-electron chi connectivity index (χ3n) is 1.73. The number of sulfonamides is 1. The third kappa shape index (κ3) is 3.48. The van der Waals surface area contributed by atoms with Crippen molar-refractivity contribution < 1.29 is 17.2 Å². The molecule has 9 heteroatoms. The summed E-state index contributed by atoms with van der Waals surface area (Å²) in [5.74, 6) is -3.52. The van der Waals surface area contributed by atoms with Crippen LogP contribution in [0.4, 0.5) is 14.5 Å². The highest BCUT2D eigenvalue weighted by atomic mass is 35.5. The van der Waals surface area contributed by atoms with E-state index in [0.29, 0.717) is 5.56 Å². The number of benzene rings is 1. The van der Waals surface area contributed by atoms with E-state index in [0.717, 1.165) is 6.07 Å². The van der Waals surface area contributed by atoms with Gasteiger partial charge in [-0.2, -0.15) is 8.78 Å². The minimum absolute atomic E-state index is 0.0262. The molecule has 0 spiro atoms. The first-order valence-electron chi connectivity index (χ1n) is 4.13. The molecular formula is C8H7ClF2N2O2S2. The molecule has 0 saturated carbocycles. The van der Waals surface area contributed by atoms with E-state index in [2.05, 4.69) is 12.2 Å². The number of hydrogen-bond acceptors (Lipinski definition) is 3. The zero-order chi connectivity index (χ0) is 13.2. The number of anilines is 1. The summed E-state index contributed by atoms with van der Waals surface area (Å²) in [5.41, 5.74) is 5.58. The van der Waals surface area contributed by atoms with Crippen LogP contribution in [0.5, 0.6) is 0 Å². The SMILES string of the molecule is NC(=S)c1ccc(NS(=O)(=O)C(F)F)cc1Cl. The summed E-state index contributed by atoms with van der Waals surface area (Å²) in [6.07, 6.45) is 0. The van der Waals surface area contributed by atoms with Gasteiger partial charge in [0.15, 0.2) is 0 Å². The molecule has 0 radical (unpaired) electrons. The number of thiocarbonyl (C=S) groups is 1. The van der Waals surface area contributed by atoms with E-state index in [-0.39, 0.29) is 15.7 Å². The Hall–Kier alpha value is -0.990. The molecule has 0 aliphatic rings. The van der Waals surface area contributed by atoms with Crippen molar-refractivity contribution >= 4 is 44.5 Å². The molecule has 1 aromatic rings. The average molecular weight is 301 g/mol. The Bertz CT molecular complexity index is 548. The van der Waals surface area contributed by atoms with Gasteiger partial charge in [-0.15, -0.1) is 0 Å².